The van der Waals surface area contributed by atoms with Gasteiger partial charge in [0, 0.05) is 11.7 Å². The third-order valence-electron chi connectivity index (χ3n) is 6.08. The van der Waals surface area contributed by atoms with E-state index >= 15 is 0 Å². The van der Waals surface area contributed by atoms with E-state index in [0.29, 0.717) is 17.9 Å². The molecule has 1 aliphatic rings. The maximum absolute atomic E-state index is 13.5. The lowest BCUT2D eigenvalue weighted by atomic mass is 10.0. The van der Waals surface area contributed by atoms with Crippen molar-refractivity contribution in [3.63, 3.8) is 0 Å². The van der Waals surface area contributed by atoms with Crippen LogP contribution in [0.5, 0.6) is 5.75 Å². The highest BCUT2D eigenvalue weighted by molar-refractivity contribution is 6.00. The van der Waals surface area contributed by atoms with Crippen molar-refractivity contribution in [1.29, 1.82) is 0 Å². The predicted octanol–water partition coefficient (Wildman–Crippen LogP) is 6.05. The van der Waals surface area contributed by atoms with Crippen molar-refractivity contribution in [2.24, 2.45) is 0 Å². The number of carbonyl (C=O) groups is 1. The van der Waals surface area contributed by atoms with E-state index in [-0.39, 0.29) is 17.8 Å². The minimum Gasteiger partial charge on any atom is -0.497 e. The molecule has 1 saturated heterocycles. The average Bonchev–Trinajstić information content (AvgIpc) is 3.14. The summed E-state index contributed by atoms with van der Waals surface area (Å²) in [6, 6.07) is 16.7. The summed E-state index contributed by atoms with van der Waals surface area (Å²) in [5, 5.41) is 3.30. The molecule has 0 radical (unpaired) electrons. The van der Waals surface area contributed by atoms with Crippen LogP contribution in [0.4, 0.5) is 23.2 Å². The Morgan fingerprint density at radius 1 is 1.03 bits per heavy atom. The first-order valence-electron chi connectivity index (χ1n) is 10.8. The van der Waals surface area contributed by atoms with Crippen molar-refractivity contribution in [2.75, 3.05) is 12.0 Å². The van der Waals surface area contributed by atoms with Crippen LogP contribution in [0.1, 0.15) is 42.1 Å². The van der Waals surface area contributed by atoms with E-state index in [0.717, 1.165) is 23.3 Å². The number of methoxy groups -OCH3 is 1. The summed E-state index contributed by atoms with van der Waals surface area (Å²) in [6.45, 7) is 1.88. The number of alkyl halides is 3. The molecule has 4 rings (SSSR count). The molecule has 8 heteroatoms. The van der Waals surface area contributed by atoms with Crippen molar-refractivity contribution >= 4 is 11.6 Å². The first-order valence-corrected chi connectivity index (χ1v) is 10.8. The number of hydrogen-bond acceptors (Lipinski definition) is 3. The molecule has 0 aliphatic carbocycles. The number of ether oxygens (including phenoxy) is 1. The Balaban J connectivity index is 1.66. The van der Waals surface area contributed by atoms with E-state index in [9.17, 15) is 22.4 Å². The van der Waals surface area contributed by atoms with Gasteiger partial charge in [0.05, 0.1) is 24.8 Å². The zero-order valence-corrected chi connectivity index (χ0v) is 18.6. The SMILES string of the molecule is C[C@@H](N[C@@H]1C[C@H](c2cccc(O[11CH3])c2)N(c2ccc(C(F)(F)F)cc2)C1=O)c1ccc(F)cc1. The number of anilines is 1. The summed E-state index contributed by atoms with van der Waals surface area (Å²) in [5.41, 5.74) is 1.23. The van der Waals surface area contributed by atoms with Gasteiger partial charge in [0.25, 0.3) is 0 Å². The molecular formula is C26H24F4N2O2. The van der Waals surface area contributed by atoms with E-state index in [1.807, 2.05) is 25.1 Å². The molecule has 1 N–H and O–H groups in total. The van der Waals surface area contributed by atoms with Gasteiger partial charge in [-0.25, -0.2) is 4.39 Å². The van der Waals surface area contributed by atoms with Crippen LogP contribution >= 0.6 is 0 Å². The number of benzene rings is 3. The zero-order chi connectivity index (χ0) is 24.5. The standard InChI is InChI=1S/C26H24F4N2O2/c1-16(17-6-10-20(27)11-7-17)31-23-15-24(18-4-3-5-22(14-18)34-2)32(25(23)33)21-12-8-19(9-13-21)26(28,29)30/h3-14,16,23-24,31H,15H2,1-2H3/t16-,23-,24-/m1/s1/i2-1. The zero-order valence-electron chi connectivity index (χ0n) is 18.6. The quantitative estimate of drug-likeness (QED) is 0.445. The van der Waals surface area contributed by atoms with Crippen molar-refractivity contribution in [3.05, 3.63) is 95.3 Å². The fraction of sp³-hybridized carbons (Fsp3) is 0.269. The number of nitrogens with one attached hydrogen (secondary N) is 1. The molecule has 178 valence electrons. The maximum atomic E-state index is 13.5. The van der Waals surface area contributed by atoms with Gasteiger partial charge in [-0.3, -0.25) is 10.1 Å². The van der Waals surface area contributed by atoms with Crippen LogP contribution in [-0.4, -0.2) is 19.1 Å². The summed E-state index contributed by atoms with van der Waals surface area (Å²) in [6.07, 6.45) is -4.06. The van der Waals surface area contributed by atoms with Gasteiger partial charge in [0.2, 0.25) is 5.91 Å². The van der Waals surface area contributed by atoms with Crippen molar-refractivity contribution in [3.8, 4) is 5.75 Å². The summed E-state index contributed by atoms with van der Waals surface area (Å²) >= 11 is 0. The van der Waals surface area contributed by atoms with Crippen molar-refractivity contribution in [2.45, 2.75) is 37.6 Å². The third kappa shape index (κ3) is 4.92. The van der Waals surface area contributed by atoms with Crippen LogP contribution in [0.3, 0.4) is 0 Å². The van der Waals surface area contributed by atoms with Gasteiger partial charge < -0.3 is 9.64 Å². The minimum absolute atomic E-state index is 0.243. The highest BCUT2D eigenvalue weighted by Crippen LogP contribution is 2.40. The number of hydrogen-bond donors (Lipinski definition) is 1. The van der Waals surface area contributed by atoms with E-state index in [1.54, 1.807) is 25.3 Å². The first kappa shape index (κ1) is 23.8. The number of rotatable bonds is 6. The minimum atomic E-state index is -4.46. The maximum Gasteiger partial charge on any atom is 0.416 e. The van der Waals surface area contributed by atoms with Crippen LogP contribution in [0, 0.1) is 5.82 Å². The molecule has 34 heavy (non-hydrogen) atoms. The van der Waals surface area contributed by atoms with Crippen LogP contribution in [0.2, 0.25) is 0 Å². The van der Waals surface area contributed by atoms with Crippen molar-refractivity contribution < 1.29 is 27.1 Å². The average molecular weight is 471 g/mol. The summed E-state index contributed by atoms with van der Waals surface area (Å²) < 4.78 is 57.8. The van der Waals surface area contributed by atoms with E-state index in [4.69, 9.17) is 4.74 Å². The van der Waals surface area contributed by atoms with E-state index in [1.165, 1.54) is 29.2 Å². The first-order chi connectivity index (χ1) is 16.2. The van der Waals surface area contributed by atoms with Gasteiger partial charge in [0.1, 0.15) is 11.6 Å². The summed E-state index contributed by atoms with van der Waals surface area (Å²) in [4.78, 5) is 15.0. The van der Waals surface area contributed by atoms with Crippen LogP contribution in [-0.2, 0) is 11.0 Å². The van der Waals surface area contributed by atoms with Crippen molar-refractivity contribution in [1.82, 2.24) is 5.32 Å². The molecule has 0 unspecified atom stereocenters. The molecule has 0 bridgehead atoms. The normalized spacial score (nSPS) is 19.4. The van der Waals surface area contributed by atoms with Gasteiger partial charge in [-0.15, -0.1) is 0 Å². The highest BCUT2D eigenvalue weighted by atomic mass is 19.4. The Morgan fingerprint density at radius 3 is 2.32 bits per heavy atom. The lowest BCUT2D eigenvalue weighted by Crippen LogP contribution is -2.39. The summed E-state index contributed by atoms with van der Waals surface area (Å²) in [5.74, 6) is 0.0226. The number of carbonyl (C=O) groups excluding carboxylic acids is 1. The predicted molar refractivity (Wildman–Crippen MR) is 121 cm³/mol. The smallest absolute Gasteiger partial charge is 0.416 e. The van der Waals surface area contributed by atoms with Crippen LogP contribution in [0.15, 0.2) is 72.8 Å². The van der Waals surface area contributed by atoms with E-state index < -0.39 is 23.8 Å². The summed E-state index contributed by atoms with van der Waals surface area (Å²) in [7, 11) is 1.54. The van der Waals surface area contributed by atoms with Gasteiger partial charge in [-0.1, -0.05) is 24.3 Å². The molecule has 1 heterocycles. The molecular weight excluding hydrogens is 447 g/mol. The Kier molecular flexibility index (Phi) is 6.61. The molecule has 0 aromatic heterocycles. The number of nitrogens with zero attached hydrogens (tertiary/aromatic N) is 1. The molecule has 3 aromatic rings. The lowest BCUT2D eigenvalue weighted by Gasteiger charge is -2.26. The largest absolute Gasteiger partial charge is 0.497 e. The second-order valence-corrected chi connectivity index (χ2v) is 8.27. The third-order valence-corrected chi connectivity index (χ3v) is 6.08. The fourth-order valence-electron chi connectivity index (χ4n) is 4.29. The second-order valence-electron chi connectivity index (χ2n) is 8.27. The molecule has 3 aromatic carbocycles. The Hall–Kier alpha value is -3.39. The molecule has 1 fully saturated rings. The highest BCUT2D eigenvalue weighted by Gasteiger charge is 2.42. The molecule has 0 spiro atoms. The molecule has 3 atom stereocenters. The van der Waals surface area contributed by atoms with Crippen LogP contribution in [0.25, 0.3) is 0 Å². The molecule has 1 amide bonds. The molecule has 4 nitrogen and oxygen atoms in total. The molecule has 1 aliphatic heterocycles. The fourth-order valence-corrected chi connectivity index (χ4v) is 4.29. The Bertz CT molecular complexity index is 1150. The monoisotopic (exact) mass is 471 g/mol. The topological polar surface area (TPSA) is 41.6 Å². The van der Waals surface area contributed by atoms with Gasteiger partial charge in [-0.05, 0) is 73.0 Å². The van der Waals surface area contributed by atoms with Crippen LogP contribution < -0.4 is 15.0 Å². The Morgan fingerprint density at radius 2 is 1.71 bits per heavy atom. The number of halogens is 4. The van der Waals surface area contributed by atoms with Gasteiger partial charge in [-0.2, -0.15) is 13.2 Å². The Labute approximate surface area is 195 Å². The van der Waals surface area contributed by atoms with Gasteiger partial charge in [0.15, 0.2) is 0 Å². The van der Waals surface area contributed by atoms with E-state index in [2.05, 4.69) is 5.32 Å². The number of amides is 1. The lowest BCUT2D eigenvalue weighted by molar-refractivity contribution is -0.137. The molecule has 0 saturated carbocycles. The van der Waals surface area contributed by atoms with Gasteiger partial charge >= 0.3 is 6.18 Å². The second kappa shape index (κ2) is 9.46.